The summed E-state index contributed by atoms with van der Waals surface area (Å²) in [6.07, 6.45) is 2.91. The van der Waals surface area contributed by atoms with Gasteiger partial charge in [0.1, 0.15) is 17.2 Å². The molecule has 29 heavy (non-hydrogen) atoms. The van der Waals surface area contributed by atoms with Crippen LogP contribution in [-0.4, -0.2) is 39.0 Å². The highest BCUT2D eigenvalue weighted by molar-refractivity contribution is 5.68. The average molecular weight is 408 g/mol. The number of benzene rings is 1. The molecular weight excluding hydrogens is 385 g/mol. The number of anilines is 1. The number of aliphatic hydroxyl groups excluding tert-OH is 1. The van der Waals surface area contributed by atoms with E-state index in [0.717, 1.165) is 30.0 Å². The van der Waals surface area contributed by atoms with E-state index in [-0.39, 0.29) is 34.7 Å². The van der Waals surface area contributed by atoms with Crippen LogP contribution in [-0.2, 0) is 4.74 Å². The smallest absolute Gasteiger partial charge is 0.238 e. The summed E-state index contributed by atoms with van der Waals surface area (Å²) in [5.41, 5.74) is 5.59. The number of aromatic nitrogens is 3. The number of hydrogen-bond donors (Lipinski definition) is 2. The third kappa shape index (κ3) is 4.68. The highest BCUT2D eigenvalue weighted by Gasteiger charge is 2.20. The van der Waals surface area contributed by atoms with Gasteiger partial charge in [0.25, 0.3) is 0 Å². The molecule has 2 aromatic heterocycles. The molecule has 1 unspecified atom stereocenters. The summed E-state index contributed by atoms with van der Waals surface area (Å²) in [6, 6.07) is 3.50. The molecule has 0 aliphatic carbocycles. The number of nitrogens with zero attached hydrogens (tertiary/aromatic N) is 3. The average Bonchev–Trinajstić information content (AvgIpc) is 2.98. The number of ether oxygens (including phenoxy) is 1. The fourth-order valence-electron chi connectivity index (χ4n) is 3.04. The van der Waals surface area contributed by atoms with Gasteiger partial charge in [-0.3, -0.25) is 0 Å². The summed E-state index contributed by atoms with van der Waals surface area (Å²) < 4.78 is 48.6. The number of nitrogen functional groups attached to an aromatic ring is 1. The third-order valence-electron chi connectivity index (χ3n) is 4.61. The summed E-state index contributed by atoms with van der Waals surface area (Å²) in [6.45, 7) is 5.03. The van der Waals surface area contributed by atoms with E-state index >= 15 is 0 Å². The van der Waals surface area contributed by atoms with Crippen molar-refractivity contribution in [2.75, 3.05) is 18.9 Å². The van der Waals surface area contributed by atoms with Crippen LogP contribution in [0.25, 0.3) is 16.8 Å². The number of halogens is 3. The molecule has 1 aromatic carbocycles. The van der Waals surface area contributed by atoms with Gasteiger partial charge in [-0.15, -0.1) is 5.10 Å². The highest BCUT2D eigenvalue weighted by atomic mass is 19.1. The Morgan fingerprint density at radius 1 is 1.17 bits per heavy atom. The van der Waals surface area contributed by atoms with Crippen LogP contribution in [0.4, 0.5) is 19.1 Å². The van der Waals surface area contributed by atoms with E-state index in [1.165, 1.54) is 18.3 Å². The lowest BCUT2D eigenvalue weighted by atomic mass is 9.99. The van der Waals surface area contributed by atoms with Crippen LogP contribution in [0.1, 0.15) is 38.2 Å². The van der Waals surface area contributed by atoms with Gasteiger partial charge in [0.15, 0.2) is 5.82 Å². The lowest BCUT2D eigenvalue weighted by Crippen LogP contribution is -2.21. The van der Waals surface area contributed by atoms with Crippen LogP contribution < -0.4 is 5.73 Å². The Balaban J connectivity index is 0.000000290. The molecule has 156 valence electrons. The lowest BCUT2D eigenvalue weighted by Gasteiger charge is -2.15. The van der Waals surface area contributed by atoms with Crippen LogP contribution in [0, 0.1) is 17.5 Å². The molecule has 1 fully saturated rings. The molecule has 1 saturated heterocycles. The van der Waals surface area contributed by atoms with Crippen molar-refractivity contribution in [3.8, 4) is 11.3 Å². The summed E-state index contributed by atoms with van der Waals surface area (Å²) >= 11 is 0. The standard InChI is InChI=1S/C15H13F3N4.C5H10O2/c1-7(2)8-3-10(17)14(11(18)4-8)12-5-9(16)13-6-20-15(19)21-22(12)13;6-5-2-1-3-7-4-5/h3-7H,1-2H3,(H2,19,21);5-6H,1-4H2. The molecule has 9 heteroatoms. The molecule has 0 radical (unpaired) electrons. The fourth-order valence-corrected chi connectivity index (χ4v) is 3.04. The Kier molecular flexibility index (Phi) is 6.39. The van der Waals surface area contributed by atoms with Gasteiger partial charge in [0.2, 0.25) is 5.95 Å². The maximum Gasteiger partial charge on any atom is 0.238 e. The van der Waals surface area contributed by atoms with Gasteiger partial charge in [0, 0.05) is 12.7 Å². The molecular formula is C20H23F3N4O2. The van der Waals surface area contributed by atoms with Gasteiger partial charge in [-0.05, 0) is 36.5 Å². The number of aliphatic hydroxyl groups is 1. The van der Waals surface area contributed by atoms with Gasteiger partial charge in [-0.2, -0.15) is 0 Å². The molecule has 3 aromatic rings. The predicted octanol–water partition coefficient (Wildman–Crippen LogP) is 3.68. The van der Waals surface area contributed by atoms with Crippen LogP contribution >= 0.6 is 0 Å². The first kappa shape index (κ1) is 21.1. The zero-order valence-corrected chi connectivity index (χ0v) is 16.2. The molecule has 0 saturated carbocycles. The van der Waals surface area contributed by atoms with E-state index in [4.69, 9.17) is 15.6 Å². The molecule has 0 spiro atoms. The molecule has 6 nitrogen and oxygen atoms in total. The van der Waals surface area contributed by atoms with Gasteiger partial charge in [0.05, 0.1) is 30.2 Å². The number of fused-ring (bicyclic) bond motifs is 1. The molecule has 4 rings (SSSR count). The van der Waals surface area contributed by atoms with Crippen molar-refractivity contribution < 1.29 is 23.0 Å². The molecule has 1 aliphatic heterocycles. The van der Waals surface area contributed by atoms with Crippen molar-refractivity contribution in [3.05, 3.63) is 47.4 Å². The summed E-state index contributed by atoms with van der Waals surface area (Å²) in [7, 11) is 0. The van der Waals surface area contributed by atoms with E-state index in [9.17, 15) is 13.2 Å². The van der Waals surface area contributed by atoms with Crippen LogP contribution in [0.3, 0.4) is 0 Å². The quantitative estimate of drug-likeness (QED) is 0.676. The van der Waals surface area contributed by atoms with E-state index < -0.39 is 17.5 Å². The Morgan fingerprint density at radius 3 is 2.38 bits per heavy atom. The van der Waals surface area contributed by atoms with Crippen LogP contribution in [0.5, 0.6) is 0 Å². The van der Waals surface area contributed by atoms with Crippen molar-refractivity contribution >= 4 is 11.5 Å². The third-order valence-corrected chi connectivity index (χ3v) is 4.61. The molecule has 3 heterocycles. The number of rotatable bonds is 2. The SMILES string of the molecule is CC(C)c1cc(F)c(-c2cc(F)c3cnc(N)nn23)c(F)c1.OC1CCCOC1. The van der Waals surface area contributed by atoms with E-state index in [0.29, 0.717) is 12.2 Å². The van der Waals surface area contributed by atoms with Crippen molar-refractivity contribution in [3.63, 3.8) is 0 Å². The number of nitrogens with two attached hydrogens (primary N) is 1. The monoisotopic (exact) mass is 408 g/mol. The normalized spacial score (nSPS) is 16.7. The Hall–Kier alpha value is -2.65. The molecule has 1 aliphatic rings. The Morgan fingerprint density at radius 2 is 1.86 bits per heavy atom. The lowest BCUT2D eigenvalue weighted by molar-refractivity contribution is -0.00535. The maximum absolute atomic E-state index is 14.3. The largest absolute Gasteiger partial charge is 0.391 e. The predicted molar refractivity (Wildman–Crippen MR) is 103 cm³/mol. The van der Waals surface area contributed by atoms with Crippen molar-refractivity contribution in [2.45, 2.75) is 38.7 Å². The van der Waals surface area contributed by atoms with Crippen molar-refractivity contribution in [2.24, 2.45) is 0 Å². The summed E-state index contributed by atoms with van der Waals surface area (Å²) in [5.74, 6) is -2.39. The van der Waals surface area contributed by atoms with Crippen LogP contribution in [0.15, 0.2) is 24.4 Å². The molecule has 0 amide bonds. The number of hydrogen-bond acceptors (Lipinski definition) is 5. The second-order valence-corrected chi connectivity index (χ2v) is 7.18. The van der Waals surface area contributed by atoms with E-state index in [1.54, 1.807) is 0 Å². The van der Waals surface area contributed by atoms with Crippen LogP contribution in [0.2, 0.25) is 0 Å². The van der Waals surface area contributed by atoms with Gasteiger partial charge < -0.3 is 15.6 Å². The van der Waals surface area contributed by atoms with Crippen molar-refractivity contribution in [1.82, 2.24) is 14.6 Å². The second kappa shape index (κ2) is 8.79. The minimum atomic E-state index is -0.778. The van der Waals surface area contributed by atoms with Crippen molar-refractivity contribution in [1.29, 1.82) is 0 Å². The first-order chi connectivity index (χ1) is 13.8. The maximum atomic E-state index is 14.3. The van der Waals surface area contributed by atoms with Gasteiger partial charge in [-0.25, -0.2) is 22.7 Å². The second-order valence-electron chi connectivity index (χ2n) is 7.18. The molecule has 3 N–H and O–H groups in total. The summed E-state index contributed by atoms with van der Waals surface area (Å²) in [5, 5.41) is 12.6. The van der Waals surface area contributed by atoms with Gasteiger partial charge in [-0.1, -0.05) is 13.8 Å². The first-order valence-electron chi connectivity index (χ1n) is 9.32. The zero-order valence-electron chi connectivity index (χ0n) is 16.2. The topological polar surface area (TPSA) is 85.7 Å². The summed E-state index contributed by atoms with van der Waals surface area (Å²) in [4.78, 5) is 3.68. The van der Waals surface area contributed by atoms with Gasteiger partial charge >= 0.3 is 0 Å². The zero-order chi connectivity index (χ0) is 21.1. The van der Waals surface area contributed by atoms with E-state index in [2.05, 4.69) is 10.1 Å². The fraction of sp³-hybridized carbons (Fsp3) is 0.400. The first-order valence-corrected chi connectivity index (χ1v) is 9.32. The van der Waals surface area contributed by atoms with E-state index in [1.807, 2.05) is 13.8 Å². The Bertz CT molecular complexity index is 978. The minimum absolute atomic E-state index is 0.00376. The highest BCUT2D eigenvalue weighted by Crippen LogP contribution is 2.31. The molecule has 0 bridgehead atoms. The Labute approximate surface area is 166 Å². The minimum Gasteiger partial charge on any atom is -0.391 e. The molecule has 1 atom stereocenters.